The number of aromatic nitrogens is 2. The normalized spacial score (nSPS) is 10.5. The number of rotatable bonds is 2. The molecule has 0 fully saturated rings. The van der Waals surface area contributed by atoms with Gasteiger partial charge in [0.2, 0.25) is 0 Å². The minimum absolute atomic E-state index is 0.238. The van der Waals surface area contributed by atoms with Gasteiger partial charge in [-0.2, -0.15) is 0 Å². The zero-order chi connectivity index (χ0) is 12.4. The molecule has 4 heteroatoms. The van der Waals surface area contributed by atoms with Crippen LogP contribution in [0.15, 0.2) is 35.4 Å². The molecule has 0 aliphatic heterocycles. The minimum Gasteiger partial charge on any atom is -0.399 e. The van der Waals surface area contributed by atoms with Crippen molar-refractivity contribution in [2.75, 3.05) is 5.73 Å². The molecule has 17 heavy (non-hydrogen) atoms. The summed E-state index contributed by atoms with van der Waals surface area (Å²) in [6, 6.07) is 5.72. The van der Waals surface area contributed by atoms with Gasteiger partial charge in [-0.25, -0.2) is 9.78 Å². The highest BCUT2D eigenvalue weighted by molar-refractivity contribution is 5.49. The summed E-state index contributed by atoms with van der Waals surface area (Å²) in [5, 5.41) is 0. The maximum atomic E-state index is 11.6. The first-order valence-electron chi connectivity index (χ1n) is 5.45. The summed E-state index contributed by atoms with van der Waals surface area (Å²) in [5.74, 6) is 0. The molecule has 1 aromatic heterocycles. The largest absolute Gasteiger partial charge is 0.399 e. The SMILES string of the molecule is Cc1cnc(=O)n(Cc2cccc(N)c2C)c1. The standard InChI is InChI=1S/C13H15N3O/c1-9-6-15-13(17)16(7-9)8-11-4-3-5-12(14)10(11)2/h3-7H,8,14H2,1-2H3. The molecule has 1 heterocycles. The lowest BCUT2D eigenvalue weighted by molar-refractivity contribution is 0.718. The number of benzene rings is 1. The van der Waals surface area contributed by atoms with Gasteiger partial charge in [0.1, 0.15) is 0 Å². The predicted octanol–water partition coefficient (Wildman–Crippen LogP) is 1.49. The molecule has 0 aliphatic carbocycles. The lowest BCUT2D eigenvalue weighted by Crippen LogP contribution is -2.23. The van der Waals surface area contributed by atoms with Gasteiger partial charge >= 0.3 is 5.69 Å². The Kier molecular flexibility index (Phi) is 2.95. The molecule has 0 aliphatic rings. The number of aryl methyl sites for hydroxylation is 1. The molecular formula is C13H15N3O. The Morgan fingerprint density at radius 1 is 1.35 bits per heavy atom. The van der Waals surface area contributed by atoms with Crippen molar-refractivity contribution in [1.82, 2.24) is 9.55 Å². The highest BCUT2D eigenvalue weighted by Crippen LogP contribution is 2.15. The van der Waals surface area contributed by atoms with E-state index >= 15 is 0 Å². The van der Waals surface area contributed by atoms with Crippen molar-refractivity contribution in [2.24, 2.45) is 0 Å². The van der Waals surface area contributed by atoms with Crippen molar-refractivity contribution in [2.45, 2.75) is 20.4 Å². The Hall–Kier alpha value is -2.10. The molecule has 0 bridgehead atoms. The lowest BCUT2D eigenvalue weighted by Gasteiger charge is -2.10. The van der Waals surface area contributed by atoms with E-state index in [0.29, 0.717) is 6.54 Å². The third-order valence-electron chi connectivity index (χ3n) is 2.81. The fourth-order valence-electron chi connectivity index (χ4n) is 1.74. The lowest BCUT2D eigenvalue weighted by atomic mass is 10.1. The fourth-order valence-corrected chi connectivity index (χ4v) is 1.74. The quantitative estimate of drug-likeness (QED) is 0.794. The van der Waals surface area contributed by atoms with Crippen LogP contribution in [-0.4, -0.2) is 9.55 Å². The summed E-state index contributed by atoms with van der Waals surface area (Å²) in [4.78, 5) is 15.4. The zero-order valence-corrected chi connectivity index (χ0v) is 9.97. The first-order chi connectivity index (χ1) is 8.08. The zero-order valence-electron chi connectivity index (χ0n) is 9.97. The van der Waals surface area contributed by atoms with Crippen LogP contribution in [0.25, 0.3) is 0 Å². The van der Waals surface area contributed by atoms with Crippen LogP contribution in [0, 0.1) is 13.8 Å². The van der Waals surface area contributed by atoms with Gasteiger partial charge in [0.05, 0.1) is 6.54 Å². The molecule has 2 rings (SSSR count). The Labute approximate surface area is 99.7 Å². The van der Waals surface area contributed by atoms with Crippen molar-refractivity contribution in [3.8, 4) is 0 Å². The Morgan fingerprint density at radius 3 is 2.88 bits per heavy atom. The van der Waals surface area contributed by atoms with Gasteiger partial charge in [-0.3, -0.25) is 4.57 Å². The van der Waals surface area contributed by atoms with Crippen LogP contribution in [0.3, 0.4) is 0 Å². The number of nitrogens with two attached hydrogens (primary N) is 1. The van der Waals surface area contributed by atoms with Crippen molar-refractivity contribution >= 4 is 5.69 Å². The Bertz CT molecular complexity index is 602. The average molecular weight is 229 g/mol. The topological polar surface area (TPSA) is 60.9 Å². The van der Waals surface area contributed by atoms with E-state index in [1.165, 1.54) is 0 Å². The minimum atomic E-state index is -0.238. The van der Waals surface area contributed by atoms with E-state index in [1.54, 1.807) is 17.0 Å². The third-order valence-corrected chi connectivity index (χ3v) is 2.81. The number of nitrogens with zero attached hydrogens (tertiary/aromatic N) is 2. The molecule has 0 atom stereocenters. The van der Waals surface area contributed by atoms with Crippen molar-refractivity contribution in [3.05, 3.63) is 57.8 Å². The van der Waals surface area contributed by atoms with Crippen molar-refractivity contribution in [1.29, 1.82) is 0 Å². The van der Waals surface area contributed by atoms with Crippen LogP contribution in [0.2, 0.25) is 0 Å². The van der Waals surface area contributed by atoms with Crippen LogP contribution in [-0.2, 0) is 6.54 Å². The van der Waals surface area contributed by atoms with Gasteiger partial charge in [-0.15, -0.1) is 0 Å². The maximum Gasteiger partial charge on any atom is 0.347 e. The molecule has 0 radical (unpaired) electrons. The molecule has 0 unspecified atom stereocenters. The van der Waals surface area contributed by atoms with Gasteiger partial charge in [0.25, 0.3) is 0 Å². The van der Waals surface area contributed by atoms with E-state index in [-0.39, 0.29) is 5.69 Å². The molecular weight excluding hydrogens is 214 g/mol. The molecule has 0 saturated heterocycles. The first kappa shape index (κ1) is 11.4. The van der Waals surface area contributed by atoms with Gasteiger partial charge in [0.15, 0.2) is 0 Å². The number of anilines is 1. The van der Waals surface area contributed by atoms with Crippen LogP contribution in [0.1, 0.15) is 16.7 Å². The molecule has 88 valence electrons. The molecule has 0 spiro atoms. The fraction of sp³-hybridized carbons (Fsp3) is 0.231. The summed E-state index contributed by atoms with van der Waals surface area (Å²) >= 11 is 0. The highest BCUT2D eigenvalue weighted by Gasteiger charge is 2.04. The van der Waals surface area contributed by atoms with Gasteiger partial charge in [0, 0.05) is 18.1 Å². The van der Waals surface area contributed by atoms with E-state index in [2.05, 4.69) is 4.98 Å². The number of nitrogen functional groups attached to an aromatic ring is 1. The van der Waals surface area contributed by atoms with Crippen LogP contribution < -0.4 is 11.4 Å². The molecule has 2 aromatic rings. The molecule has 0 saturated carbocycles. The van der Waals surface area contributed by atoms with E-state index < -0.39 is 0 Å². The van der Waals surface area contributed by atoms with Crippen LogP contribution in [0.5, 0.6) is 0 Å². The molecule has 1 aromatic carbocycles. The highest BCUT2D eigenvalue weighted by atomic mass is 16.1. The van der Waals surface area contributed by atoms with E-state index in [0.717, 1.165) is 22.4 Å². The molecule has 4 nitrogen and oxygen atoms in total. The molecule has 0 amide bonds. The second kappa shape index (κ2) is 4.41. The van der Waals surface area contributed by atoms with Crippen molar-refractivity contribution < 1.29 is 0 Å². The summed E-state index contributed by atoms with van der Waals surface area (Å²) in [5.41, 5.74) is 9.37. The van der Waals surface area contributed by atoms with E-state index in [1.807, 2.05) is 32.0 Å². The number of hydrogen-bond donors (Lipinski definition) is 1. The predicted molar refractivity (Wildman–Crippen MR) is 67.9 cm³/mol. The Balaban J connectivity index is 2.41. The number of hydrogen-bond acceptors (Lipinski definition) is 3. The summed E-state index contributed by atoms with van der Waals surface area (Å²) in [6.45, 7) is 4.37. The maximum absolute atomic E-state index is 11.6. The van der Waals surface area contributed by atoms with E-state index in [9.17, 15) is 4.79 Å². The average Bonchev–Trinajstić information content (AvgIpc) is 2.30. The second-order valence-electron chi connectivity index (χ2n) is 4.17. The summed E-state index contributed by atoms with van der Waals surface area (Å²) in [7, 11) is 0. The van der Waals surface area contributed by atoms with Gasteiger partial charge in [-0.1, -0.05) is 12.1 Å². The third kappa shape index (κ3) is 2.36. The first-order valence-corrected chi connectivity index (χ1v) is 5.45. The van der Waals surface area contributed by atoms with Crippen LogP contribution in [0.4, 0.5) is 5.69 Å². The summed E-state index contributed by atoms with van der Waals surface area (Å²) < 4.78 is 1.59. The van der Waals surface area contributed by atoms with E-state index in [4.69, 9.17) is 5.73 Å². The summed E-state index contributed by atoms with van der Waals surface area (Å²) in [6.07, 6.45) is 3.38. The van der Waals surface area contributed by atoms with Crippen LogP contribution >= 0.6 is 0 Å². The van der Waals surface area contributed by atoms with Crippen molar-refractivity contribution in [3.63, 3.8) is 0 Å². The molecule has 2 N–H and O–H groups in total. The second-order valence-corrected chi connectivity index (χ2v) is 4.17. The monoisotopic (exact) mass is 229 g/mol. The Morgan fingerprint density at radius 2 is 2.12 bits per heavy atom. The van der Waals surface area contributed by atoms with Gasteiger partial charge in [-0.05, 0) is 36.6 Å². The van der Waals surface area contributed by atoms with Gasteiger partial charge < -0.3 is 5.73 Å². The smallest absolute Gasteiger partial charge is 0.347 e.